The van der Waals surface area contributed by atoms with Gasteiger partial charge in [0.15, 0.2) is 50.7 Å². The summed E-state index contributed by atoms with van der Waals surface area (Å²) in [6, 6.07) is 19.2. The average Bonchev–Trinajstić information content (AvgIpc) is 2.46. The Balaban J connectivity index is 0.716. The summed E-state index contributed by atoms with van der Waals surface area (Å²) in [7, 11) is 3.80. The summed E-state index contributed by atoms with van der Waals surface area (Å²) >= 11 is 2.72. The number of carbonyl (C=O) groups excluding carboxylic acids is 5. The molecule has 3 aromatic carbocycles. The molecule has 84 heavy (non-hydrogen) atoms. The number of hydrogen-bond acceptors (Lipinski definition) is 21. The number of aromatic nitrogens is 4. The van der Waals surface area contributed by atoms with Crippen LogP contribution in [0.25, 0.3) is 10.2 Å². The molecule has 444 valence electrons. The lowest BCUT2D eigenvalue weighted by molar-refractivity contribution is -0.137. The zero-order valence-corrected chi connectivity index (χ0v) is 48.6. The predicted molar refractivity (Wildman–Crippen MR) is 314 cm³/mol. The van der Waals surface area contributed by atoms with Crippen LogP contribution in [0.2, 0.25) is 0 Å². The second-order valence-corrected chi connectivity index (χ2v) is 22.0. The number of carbonyl (C=O) groups is 6. The molecular weight excluding hydrogens is 1120 g/mol. The molecular formula is C59H67FN10O12S2. The Morgan fingerprint density at radius 1 is 0.833 bits per heavy atom. The van der Waals surface area contributed by atoms with Crippen LogP contribution in [0.15, 0.2) is 66.7 Å². The summed E-state index contributed by atoms with van der Waals surface area (Å²) in [5.41, 5.74) is 3.08. The summed E-state index contributed by atoms with van der Waals surface area (Å²) in [5.74, 6) is 1.24. The summed E-state index contributed by atoms with van der Waals surface area (Å²) in [6.45, 7) is 6.14. The van der Waals surface area contributed by atoms with E-state index in [1.807, 2.05) is 61.2 Å². The number of aryl methyl sites for hydroxylation is 2. The fourth-order valence-electron chi connectivity index (χ4n) is 9.17. The molecule has 25 heteroatoms. The van der Waals surface area contributed by atoms with Gasteiger partial charge in [-0.2, -0.15) is 0 Å². The van der Waals surface area contributed by atoms with Gasteiger partial charge in [-0.15, -0.1) is 21.5 Å². The number of para-hydroxylation sites is 1. The van der Waals surface area contributed by atoms with Crippen LogP contribution in [0.3, 0.4) is 0 Å². The first-order chi connectivity index (χ1) is 40.7. The van der Waals surface area contributed by atoms with Gasteiger partial charge in [-0.1, -0.05) is 47.4 Å². The first kappa shape index (κ1) is 62.2. The lowest BCUT2D eigenvalue weighted by Gasteiger charge is -2.24. The molecule has 1 aliphatic heterocycles. The second kappa shape index (κ2) is 31.2. The van der Waals surface area contributed by atoms with Gasteiger partial charge in [0.05, 0.1) is 93.6 Å². The molecule has 2 aliphatic rings. The lowest BCUT2D eigenvalue weighted by atomic mass is 9.82. The molecule has 2 atom stereocenters. The van der Waals surface area contributed by atoms with E-state index < -0.39 is 47.0 Å². The van der Waals surface area contributed by atoms with E-state index in [9.17, 15) is 38.3 Å². The summed E-state index contributed by atoms with van der Waals surface area (Å²) < 4.78 is 44.1. The molecule has 1 aliphatic carbocycles. The van der Waals surface area contributed by atoms with Crippen LogP contribution in [-0.4, -0.2) is 165 Å². The van der Waals surface area contributed by atoms with E-state index in [0.29, 0.717) is 136 Å². The van der Waals surface area contributed by atoms with Crippen LogP contribution >= 0.6 is 22.7 Å². The minimum absolute atomic E-state index is 0.0799. The van der Waals surface area contributed by atoms with Crippen LogP contribution in [0, 0.1) is 36.4 Å². The van der Waals surface area contributed by atoms with Crippen LogP contribution in [0.4, 0.5) is 32.0 Å². The second-order valence-electron chi connectivity index (χ2n) is 19.9. The molecule has 1 saturated heterocycles. The quantitative estimate of drug-likeness (QED) is 0.0120. The van der Waals surface area contributed by atoms with Gasteiger partial charge in [-0.25, -0.2) is 19.2 Å². The van der Waals surface area contributed by atoms with Crippen molar-refractivity contribution in [2.45, 2.75) is 51.9 Å². The van der Waals surface area contributed by atoms with Crippen molar-refractivity contribution in [2.75, 3.05) is 115 Å². The molecule has 22 nitrogen and oxygen atoms in total. The smallest absolute Gasteiger partial charge is 0.355 e. The van der Waals surface area contributed by atoms with Gasteiger partial charge in [0.1, 0.15) is 0 Å². The Morgan fingerprint density at radius 3 is 2.32 bits per heavy atom. The van der Waals surface area contributed by atoms with E-state index in [1.165, 1.54) is 34.8 Å². The molecule has 3 aromatic heterocycles. The number of ether oxygens (including phenoxy) is 5. The van der Waals surface area contributed by atoms with Crippen LogP contribution in [0.1, 0.15) is 85.7 Å². The minimum Gasteiger partial charge on any atom is -0.491 e. The number of nitrogens with zero attached hydrogens (tertiary/aromatic N) is 6. The monoisotopic (exact) mass is 1190 g/mol. The number of halogens is 1. The molecule has 0 radical (unpaired) electrons. The number of anilines is 5. The normalized spacial score (nSPS) is 14.8. The summed E-state index contributed by atoms with van der Waals surface area (Å²) in [5, 5.41) is 32.0. The van der Waals surface area contributed by atoms with Crippen LogP contribution < -0.4 is 30.9 Å². The Hall–Kier alpha value is -7.83. The molecule has 4 heterocycles. The standard InChI is InChI=1S/C59H67FN10O12S2/c1-37-35-47(67-68-55(37)66-58-63-42-13-4-5-15-45(42)83-58)70(59-65-52(57(76)77)46(84-59)16-10-26-82-44-19-17-38(36-41(44)60)11-9-24-69(2)3)25-7-6-22-62-48(71)21-27-78-29-31-80-33-34-81-32-30-79-28-23-61-43-14-8-12-39-50(43)54(74)51(53(39)73)40-18-20-49(72)64-56(40)75/h4-5,8,12-15,17,19,35-36,40,51,61H,6-7,10,16,18,20-34H2,1-3H3,(H,62,71)(H,76,77)(H,63,66,68)(H,64,72,75). The number of thiazole rings is 2. The third kappa shape index (κ3) is 17.4. The number of aromatic carboxylic acids is 1. The molecule has 6 aromatic rings. The van der Waals surface area contributed by atoms with Crippen molar-refractivity contribution < 1.29 is 61.9 Å². The number of amides is 3. The van der Waals surface area contributed by atoms with Gasteiger partial charge in [0, 0.05) is 54.2 Å². The van der Waals surface area contributed by atoms with E-state index >= 15 is 0 Å². The van der Waals surface area contributed by atoms with Crippen molar-refractivity contribution in [1.29, 1.82) is 0 Å². The predicted octanol–water partition coefficient (Wildman–Crippen LogP) is 7.01. The highest BCUT2D eigenvalue weighted by Crippen LogP contribution is 2.39. The molecule has 2 unspecified atom stereocenters. The van der Waals surface area contributed by atoms with Gasteiger partial charge in [0.25, 0.3) is 0 Å². The highest BCUT2D eigenvalue weighted by Gasteiger charge is 2.48. The number of carboxylic acids is 1. The van der Waals surface area contributed by atoms with Gasteiger partial charge >= 0.3 is 5.97 Å². The molecule has 0 saturated carbocycles. The van der Waals surface area contributed by atoms with Crippen molar-refractivity contribution in [2.24, 2.45) is 11.8 Å². The summed E-state index contributed by atoms with van der Waals surface area (Å²) in [4.78, 5) is 89.3. The van der Waals surface area contributed by atoms with E-state index in [0.717, 1.165) is 15.8 Å². The van der Waals surface area contributed by atoms with Crippen molar-refractivity contribution >= 4 is 95.7 Å². The van der Waals surface area contributed by atoms with Gasteiger partial charge in [0.2, 0.25) is 17.7 Å². The van der Waals surface area contributed by atoms with Gasteiger partial charge in [-0.05, 0) is 101 Å². The van der Waals surface area contributed by atoms with E-state index in [1.54, 1.807) is 24.3 Å². The number of ketones is 2. The van der Waals surface area contributed by atoms with Crippen molar-refractivity contribution in [3.8, 4) is 17.6 Å². The van der Waals surface area contributed by atoms with Gasteiger partial charge in [-0.3, -0.25) is 34.2 Å². The zero-order valence-electron chi connectivity index (χ0n) is 47.0. The molecule has 1 fully saturated rings. The largest absolute Gasteiger partial charge is 0.491 e. The molecule has 8 rings (SSSR count). The third-order valence-corrected chi connectivity index (χ3v) is 15.4. The highest BCUT2D eigenvalue weighted by molar-refractivity contribution is 7.22. The Kier molecular flexibility index (Phi) is 23.1. The molecule has 0 spiro atoms. The Bertz CT molecular complexity index is 3330. The number of carboxylic acid groups (broad SMARTS) is 1. The maximum absolute atomic E-state index is 14.9. The maximum Gasteiger partial charge on any atom is 0.355 e. The first-order valence-electron chi connectivity index (χ1n) is 27.6. The minimum atomic E-state index is -1.18. The molecule has 3 amide bonds. The van der Waals surface area contributed by atoms with E-state index in [2.05, 4.69) is 53.3 Å². The number of rotatable bonds is 33. The molecule has 5 N–H and O–H groups in total. The number of piperidine rings is 1. The van der Waals surface area contributed by atoms with E-state index in [4.69, 9.17) is 23.7 Å². The topological polar surface area (TPSA) is 275 Å². The number of hydrogen-bond donors (Lipinski definition) is 5. The number of benzene rings is 3. The van der Waals surface area contributed by atoms with E-state index in [-0.39, 0.29) is 61.0 Å². The lowest BCUT2D eigenvalue weighted by Crippen LogP contribution is -2.46. The fraction of sp³-hybridized carbons (Fsp3) is 0.424. The average molecular weight is 1190 g/mol. The Labute approximate surface area is 493 Å². The van der Waals surface area contributed by atoms with Crippen molar-refractivity contribution in [3.05, 3.63) is 105 Å². The number of fused-ring (bicyclic) bond motifs is 2. The van der Waals surface area contributed by atoms with Crippen molar-refractivity contribution in [1.82, 2.24) is 35.7 Å². The number of unbranched alkanes of at least 4 members (excludes halogenated alkanes) is 1. The number of nitrogens with one attached hydrogen (secondary N) is 4. The molecule has 0 bridgehead atoms. The highest BCUT2D eigenvalue weighted by atomic mass is 32.1. The third-order valence-electron chi connectivity index (χ3n) is 13.4. The van der Waals surface area contributed by atoms with Crippen LogP contribution in [0.5, 0.6) is 5.75 Å². The Morgan fingerprint density at radius 2 is 1.60 bits per heavy atom. The first-order valence-corrected chi connectivity index (χ1v) is 29.3. The van der Waals surface area contributed by atoms with Crippen molar-refractivity contribution in [3.63, 3.8) is 0 Å². The SMILES string of the molecule is Cc1cc(N(CCCCNC(=O)CCOCCOCCOCCOCCNc2cccc3c2C(=O)C(C2CCC(=O)NC2=O)C3=O)c2nc(C(=O)O)c(CCCOc3ccc(C#CCN(C)C)cc3F)s2)nnc1Nc1nc2ccccc2s1. The number of imide groups is 1. The number of Topliss-reactive ketones (excluding diaryl/α,β-unsaturated/α-hetero) is 2. The van der Waals surface area contributed by atoms with Crippen LogP contribution in [-0.2, 0) is 39.8 Å². The summed E-state index contributed by atoms with van der Waals surface area (Å²) in [6.07, 6.45) is 2.27. The maximum atomic E-state index is 14.9. The fourth-order valence-corrected chi connectivity index (χ4v) is 11.2. The zero-order chi connectivity index (χ0) is 59.4. The van der Waals surface area contributed by atoms with Gasteiger partial charge < -0.3 is 49.6 Å².